The number of nitrogens with zero attached hydrogens (tertiary/aromatic N) is 2. The predicted molar refractivity (Wildman–Crippen MR) is 80.0 cm³/mol. The van der Waals surface area contributed by atoms with Gasteiger partial charge >= 0.3 is 6.18 Å². The van der Waals surface area contributed by atoms with Crippen LogP contribution in [0.4, 0.5) is 17.6 Å². The van der Waals surface area contributed by atoms with E-state index in [-0.39, 0.29) is 11.0 Å². The number of hydrogen-bond donors (Lipinski definition) is 2. The van der Waals surface area contributed by atoms with Crippen LogP contribution in [-0.4, -0.2) is 47.6 Å². The molecule has 1 heterocycles. The van der Waals surface area contributed by atoms with Gasteiger partial charge in [0.1, 0.15) is 17.3 Å². The zero-order chi connectivity index (χ0) is 18.0. The zero-order valence-corrected chi connectivity index (χ0v) is 14.1. The van der Waals surface area contributed by atoms with Crippen molar-refractivity contribution in [1.82, 2.24) is 4.90 Å². The first kappa shape index (κ1) is 18.2. The van der Waals surface area contributed by atoms with Crippen LogP contribution in [0.2, 0.25) is 0 Å². The molecular weight excluding hydrogens is 312 g/mol. The van der Waals surface area contributed by atoms with Crippen molar-refractivity contribution in [2.24, 2.45) is 17.5 Å². The maximum atomic E-state index is 14.5. The van der Waals surface area contributed by atoms with Gasteiger partial charge in [0.2, 0.25) is 6.17 Å². The van der Waals surface area contributed by atoms with E-state index in [1.165, 1.54) is 0 Å². The second-order valence-corrected chi connectivity index (χ2v) is 7.08. The second-order valence-electron chi connectivity index (χ2n) is 7.08. The lowest BCUT2D eigenvalue weighted by atomic mass is 9.75. The van der Waals surface area contributed by atoms with Crippen molar-refractivity contribution in [1.29, 1.82) is 0 Å². The number of rotatable bonds is 1. The standard InChI is InChI=1S/C15H25F4N4/c1-8-9(2)23(5,21)13(22(8)4)10-6-12(15(17,18)19)14(3,16)7-11(10)20/h6,11-13H,7,20-21H2,1-5H3/q+1. The number of halogens is 4. The molecule has 0 amide bonds. The van der Waals surface area contributed by atoms with E-state index >= 15 is 0 Å². The molecule has 0 aromatic carbocycles. The average Bonchev–Trinajstić information content (AvgIpc) is 2.49. The third kappa shape index (κ3) is 2.77. The number of alkyl halides is 4. The molecule has 4 N–H and O–H groups in total. The summed E-state index contributed by atoms with van der Waals surface area (Å²) in [5, 5.41) is 0. The Hall–Kier alpha value is -1.12. The molecule has 0 aromatic rings. The van der Waals surface area contributed by atoms with Gasteiger partial charge < -0.3 is 10.6 Å². The lowest BCUT2D eigenvalue weighted by Crippen LogP contribution is -2.61. The molecule has 0 saturated heterocycles. The molecule has 1 aliphatic carbocycles. The molecule has 0 radical (unpaired) electrons. The first-order chi connectivity index (χ1) is 10.2. The molecule has 23 heavy (non-hydrogen) atoms. The summed E-state index contributed by atoms with van der Waals surface area (Å²) in [6.07, 6.45) is -4.66. The predicted octanol–water partition coefficient (Wildman–Crippen LogP) is 2.39. The van der Waals surface area contributed by atoms with Gasteiger partial charge in [0.15, 0.2) is 0 Å². The molecule has 0 spiro atoms. The van der Waals surface area contributed by atoms with Gasteiger partial charge in [-0.05, 0) is 13.8 Å². The molecule has 2 aliphatic rings. The summed E-state index contributed by atoms with van der Waals surface area (Å²) in [7, 11) is 3.48. The van der Waals surface area contributed by atoms with E-state index in [1.54, 1.807) is 14.1 Å². The number of hydrogen-bond acceptors (Lipinski definition) is 3. The Morgan fingerprint density at radius 3 is 2.26 bits per heavy atom. The summed E-state index contributed by atoms with van der Waals surface area (Å²) in [6.45, 7) is 4.65. The highest BCUT2D eigenvalue weighted by Crippen LogP contribution is 2.47. The number of likely N-dealkylation sites (N-methyl/N-ethyl adjacent to an activating group) is 2. The van der Waals surface area contributed by atoms with Gasteiger partial charge in [0.25, 0.3) is 0 Å². The fraction of sp³-hybridized carbons (Fsp3) is 0.733. The smallest absolute Gasteiger partial charge is 0.324 e. The van der Waals surface area contributed by atoms with Gasteiger partial charge in [-0.3, -0.25) is 0 Å². The van der Waals surface area contributed by atoms with E-state index in [0.717, 1.165) is 24.4 Å². The van der Waals surface area contributed by atoms with E-state index in [1.807, 2.05) is 18.7 Å². The Labute approximate surface area is 133 Å². The summed E-state index contributed by atoms with van der Waals surface area (Å²) in [5.74, 6) is 4.15. The molecule has 5 atom stereocenters. The molecule has 0 aromatic heterocycles. The van der Waals surface area contributed by atoms with E-state index in [0.29, 0.717) is 5.57 Å². The minimum absolute atomic E-state index is 0.102. The Morgan fingerprint density at radius 2 is 1.87 bits per heavy atom. The van der Waals surface area contributed by atoms with Crippen molar-refractivity contribution in [2.45, 2.75) is 51.2 Å². The molecule has 132 valence electrons. The molecular formula is C15H25F4N4+. The van der Waals surface area contributed by atoms with Crippen LogP contribution in [0.5, 0.6) is 0 Å². The van der Waals surface area contributed by atoms with Crippen molar-refractivity contribution in [3.8, 4) is 0 Å². The maximum Gasteiger partial charge on any atom is 0.398 e. The van der Waals surface area contributed by atoms with Crippen LogP contribution in [0.15, 0.2) is 23.0 Å². The van der Waals surface area contributed by atoms with Gasteiger partial charge in [0.05, 0.1) is 12.7 Å². The van der Waals surface area contributed by atoms with Crippen LogP contribution in [0.25, 0.3) is 0 Å². The first-order valence-corrected chi connectivity index (χ1v) is 7.49. The summed E-state index contributed by atoms with van der Waals surface area (Å²) in [6, 6.07) is -0.809. The minimum Gasteiger partial charge on any atom is -0.324 e. The number of allylic oxidation sites excluding steroid dienone is 3. The number of nitrogens with two attached hydrogens (primary N) is 2. The molecule has 1 aliphatic heterocycles. The highest BCUT2D eigenvalue weighted by atomic mass is 19.4. The minimum atomic E-state index is -4.67. The first-order valence-electron chi connectivity index (χ1n) is 7.49. The summed E-state index contributed by atoms with van der Waals surface area (Å²) in [4.78, 5) is 1.81. The van der Waals surface area contributed by atoms with Gasteiger partial charge in [-0.15, -0.1) is 0 Å². The van der Waals surface area contributed by atoms with E-state index in [2.05, 4.69) is 0 Å². The monoisotopic (exact) mass is 337 g/mol. The van der Waals surface area contributed by atoms with E-state index in [9.17, 15) is 17.6 Å². The van der Waals surface area contributed by atoms with Gasteiger partial charge in [-0.1, -0.05) is 6.08 Å². The highest BCUT2D eigenvalue weighted by Gasteiger charge is 2.57. The summed E-state index contributed by atoms with van der Waals surface area (Å²) < 4.78 is 54.2. The third-order valence-electron chi connectivity index (χ3n) is 5.36. The zero-order valence-electron chi connectivity index (χ0n) is 14.1. The molecule has 4 nitrogen and oxygen atoms in total. The van der Waals surface area contributed by atoms with Crippen molar-refractivity contribution in [3.63, 3.8) is 0 Å². The van der Waals surface area contributed by atoms with Crippen LogP contribution in [-0.2, 0) is 0 Å². The third-order valence-corrected chi connectivity index (χ3v) is 5.36. The van der Waals surface area contributed by atoms with Crippen molar-refractivity contribution < 1.29 is 22.2 Å². The Morgan fingerprint density at radius 1 is 1.35 bits per heavy atom. The molecule has 0 fully saturated rings. The van der Waals surface area contributed by atoms with Crippen LogP contribution in [0.3, 0.4) is 0 Å². The second kappa shape index (κ2) is 5.19. The normalized spacial score (nSPS) is 42.3. The Balaban J connectivity index is 2.53. The van der Waals surface area contributed by atoms with Crippen LogP contribution in [0, 0.1) is 5.92 Å². The Kier molecular flexibility index (Phi) is 4.11. The number of quaternary nitrogens is 1. The van der Waals surface area contributed by atoms with E-state index < -0.39 is 30.0 Å². The lowest BCUT2D eigenvalue weighted by Gasteiger charge is -2.43. The summed E-state index contributed by atoms with van der Waals surface area (Å²) in [5.41, 5.74) is 5.66. The van der Waals surface area contributed by atoms with Gasteiger partial charge in [-0.2, -0.15) is 23.6 Å². The molecule has 0 saturated carbocycles. The average molecular weight is 337 g/mol. The van der Waals surface area contributed by atoms with Crippen molar-refractivity contribution in [2.75, 3.05) is 14.1 Å². The molecule has 2 rings (SSSR count). The van der Waals surface area contributed by atoms with Gasteiger partial charge in [-0.25, -0.2) is 4.39 Å². The fourth-order valence-electron chi connectivity index (χ4n) is 3.74. The van der Waals surface area contributed by atoms with Gasteiger partial charge in [0, 0.05) is 32.0 Å². The maximum absolute atomic E-state index is 14.5. The largest absolute Gasteiger partial charge is 0.398 e. The molecule has 5 unspecified atom stereocenters. The highest BCUT2D eigenvalue weighted by molar-refractivity contribution is 5.28. The topological polar surface area (TPSA) is 55.3 Å². The SMILES string of the molecule is CC1=C(C)[N+](C)(N)C(C2=CC(C(F)(F)F)C(C)(F)CC2N)N1C. The summed E-state index contributed by atoms with van der Waals surface area (Å²) >= 11 is 0. The van der Waals surface area contributed by atoms with Crippen molar-refractivity contribution in [3.05, 3.63) is 23.0 Å². The van der Waals surface area contributed by atoms with E-state index in [4.69, 9.17) is 11.6 Å². The molecule has 8 heteroatoms. The van der Waals surface area contributed by atoms with Crippen LogP contribution < -0.4 is 11.6 Å². The lowest BCUT2D eigenvalue weighted by molar-refractivity contribution is -0.906. The quantitative estimate of drug-likeness (QED) is 0.334. The van der Waals surface area contributed by atoms with Crippen molar-refractivity contribution >= 4 is 0 Å². The molecule has 0 bridgehead atoms. The fourth-order valence-corrected chi connectivity index (χ4v) is 3.74. The van der Waals surface area contributed by atoms with Crippen LogP contribution >= 0.6 is 0 Å². The Bertz CT molecular complexity index is 562. The van der Waals surface area contributed by atoms with Crippen LogP contribution in [0.1, 0.15) is 27.2 Å².